The molecule has 6 nitrogen and oxygen atoms in total. The second-order valence-corrected chi connectivity index (χ2v) is 6.96. The Morgan fingerprint density at radius 3 is 2.27 bits per heavy atom. The summed E-state index contributed by atoms with van der Waals surface area (Å²) in [6.07, 6.45) is 1.97. The number of aromatic nitrogens is 1. The monoisotopic (exact) mass is 429 g/mol. The maximum absolute atomic E-state index is 13.0. The first-order chi connectivity index (χ1) is 14.0. The van der Waals surface area contributed by atoms with Crippen LogP contribution in [0.2, 0.25) is 0 Å². The zero-order chi connectivity index (χ0) is 21.0. The Balaban J connectivity index is 0.00000320. The Morgan fingerprint density at radius 2 is 1.70 bits per heavy atom. The minimum Gasteiger partial charge on any atom is -0.493 e. The van der Waals surface area contributed by atoms with Crippen LogP contribution in [-0.2, 0) is 17.8 Å². The second-order valence-electron chi connectivity index (χ2n) is 6.96. The molecule has 0 fully saturated rings. The van der Waals surface area contributed by atoms with E-state index in [1.54, 1.807) is 25.3 Å². The minimum absolute atomic E-state index is 0. The summed E-state index contributed by atoms with van der Waals surface area (Å²) in [5.41, 5.74) is 8.55. The van der Waals surface area contributed by atoms with E-state index >= 15 is 0 Å². The molecule has 0 radical (unpaired) electrons. The molecular formula is C23H28ClN3O3. The highest BCUT2D eigenvalue weighted by Crippen LogP contribution is 2.35. The van der Waals surface area contributed by atoms with Crippen molar-refractivity contribution in [3.8, 4) is 11.5 Å². The Bertz CT molecular complexity index is 1010. The molecule has 1 unspecified atom stereocenters. The van der Waals surface area contributed by atoms with Crippen molar-refractivity contribution >= 4 is 29.1 Å². The lowest BCUT2D eigenvalue weighted by molar-refractivity contribution is -0.131. The molecule has 30 heavy (non-hydrogen) atoms. The van der Waals surface area contributed by atoms with Crippen LogP contribution in [0.4, 0.5) is 0 Å². The van der Waals surface area contributed by atoms with Crippen molar-refractivity contribution in [1.82, 2.24) is 9.88 Å². The predicted octanol–water partition coefficient (Wildman–Crippen LogP) is 3.89. The van der Waals surface area contributed by atoms with E-state index in [1.165, 1.54) is 0 Å². The summed E-state index contributed by atoms with van der Waals surface area (Å²) in [4.78, 5) is 19.3. The molecule has 2 aromatic carbocycles. The fraction of sp³-hybridized carbons (Fsp3) is 0.304. The molecule has 2 N–H and O–H groups in total. The summed E-state index contributed by atoms with van der Waals surface area (Å²) in [7, 11) is 5.01. The average Bonchev–Trinajstić information content (AvgIpc) is 2.77. The lowest BCUT2D eigenvalue weighted by atomic mass is 10.0. The SMILES string of the molecule is COc1cc2c(CC(=O)N(C)C(C)c3ccccc3)cnc(CN)c2cc1OC.Cl. The number of carbonyl (C=O) groups is 1. The number of hydrogen-bond donors (Lipinski definition) is 1. The van der Waals surface area contributed by atoms with Gasteiger partial charge in [-0.2, -0.15) is 0 Å². The smallest absolute Gasteiger partial charge is 0.227 e. The fourth-order valence-corrected chi connectivity index (χ4v) is 3.44. The van der Waals surface area contributed by atoms with Gasteiger partial charge in [0.25, 0.3) is 0 Å². The topological polar surface area (TPSA) is 77.7 Å². The van der Waals surface area contributed by atoms with Crippen LogP contribution < -0.4 is 15.2 Å². The number of likely N-dealkylation sites (N-methyl/N-ethyl adjacent to an activating group) is 1. The molecule has 3 rings (SSSR count). The van der Waals surface area contributed by atoms with E-state index < -0.39 is 0 Å². The summed E-state index contributed by atoms with van der Waals surface area (Å²) in [6, 6.07) is 13.7. The molecular weight excluding hydrogens is 402 g/mol. The third kappa shape index (κ3) is 4.66. The van der Waals surface area contributed by atoms with E-state index in [-0.39, 0.29) is 30.8 Å². The highest BCUT2D eigenvalue weighted by Gasteiger charge is 2.20. The number of nitrogens with zero attached hydrogens (tertiary/aromatic N) is 2. The van der Waals surface area contributed by atoms with Crippen molar-refractivity contribution in [3.05, 3.63) is 65.5 Å². The molecule has 1 atom stereocenters. The number of benzene rings is 2. The maximum Gasteiger partial charge on any atom is 0.227 e. The van der Waals surface area contributed by atoms with E-state index in [1.807, 2.05) is 56.4 Å². The number of carbonyl (C=O) groups excluding carboxylic acids is 1. The van der Waals surface area contributed by atoms with Crippen molar-refractivity contribution in [2.24, 2.45) is 5.73 Å². The van der Waals surface area contributed by atoms with E-state index in [4.69, 9.17) is 15.2 Å². The lowest BCUT2D eigenvalue weighted by Gasteiger charge is -2.26. The molecule has 0 spiro atoms. The Hall–Kier alpha value is -2.83. The number of fused-ring (bicyclic) bond motifs is 1. The third-order valence-corrected chi connectivity index (χ3v) is 5.35. The highest BCUT2D eigenvalue weighted by atomic mass is 35.5. The van der Waals surface area contributed by atoms with Gasteiger partial charge < -0.3 is 20.1 Å². The fourth-order valence-electron chi connectivity index (χ4n) is 3.44. The maximum atomic E-state index is 13.0. The van der Waals surface area contributed by atoms with Crippen LogP contribution in [0, 0.1) is 0 Å². The summed E-state index contributed by atoms with van der Waals surface area (Å²) in [6.45, 7) is 2.32. The van der Waals surface area contributed by atoms with Gasteiger partial charge in [0.05, 0.1) is 32.4 Å². The Morgan fingerprint density at radius 1 is 1.10 bits per heavy atom. The summed E-state index contributed by atoms with van der Waals surface area (Å²) in [5, 5.41) is 1.77. The molecule has 1 amide bonds. The van der Waals surface area contributed by atoms with E-state index in [0.717, 1.165) is 27.6 Å². The lowest BCUT2D eigenvalue weighted by Crippen LogP contribution is -2.31. The van der Waals surface area contributed by atoms with Crippen molar-refractivity contribution in [3.63, 3.8) is 0 Å². The second kappa shape index (κ2) is 10.3. The molecule has 0 aliphatic heterocycles. The number of pyridine rings is 1. The van der Waals surface area contributed by atoms with Crippen LogP contribution in [0.25, 0.3) is 10.8 Å². The molecule has 1 aromatic heterocycles. The molecule has 3 aromatic rings. The van der Waals surface area contributed by atoms with E-state index in [9.17, 15) is 4.79 Å². The molecule has 0 saturated heterocycles. The number of ether oxygens (including phenoxy) is 2. The first-order valence-corrected chi connectivity index (χ1v) is 9.53. The van der Waals surface area contributed by atoms with Crippen LogP contribution in [-0.4, -0.2) is 37.1 Å². The van der Waals surface area contributed by atoms with Crippen molar-refractivity contribution in [1.29, 1.82) is 0 Å². The summed E-state index contributed by atoms with van der Waals surface area (Å²) in [5.74, 6) is 1.23. The van der Waals surface area contributed by atoms with Crippen LogP contribution in [0.15, 0.2) is 48.7 Å². The normalized spacial score (nSPS) is 11.5. The van der Waals surface area contributed by atoms with Crippen molar-refractivity contribution in [2.75, 3.05) is 21.3 Å². The van der Waals surface area contributed by atoms with Gasteiger partial charge in [-0.05, 0) is 35.6 Å². The molecule has 0 aliphatic rings. The molecule has 0 bridgehead atoms. The number of nitrogens with two attached hydrogens (primary N) is 1. The number of rotatable bonds is 7. The summed E-state index contributed by atoms with van der Waals surface area (Å²) < 4.78 is 10.9. The Kier molecular flexibility index (Phi) is 8.03. The van der Waals surface area contributed by atoms with E-state index in [2.05, 4.69) is 4.98 Å². The van der Waals surface area contributed by atoms with E-state index in [0.29, 0.717) is 18.0 Å². The number of amides is 1. The first kappa shape index (κ1) is 23.4. The van der Waals surface area contributed by atoms with Gasteiger partial charge in [-0.1, -0.05) is 30.3 Å². The van der Waals surface area contributed by atoms with Crippen LogP contribution >= 0.6 is 12.4 Å². The molecule has 160 valence electrons. The van der Waals surface area contributed by atoms with Gasteiger partial charge in [0.2, 0.25) is 5.91 Å². The molecule has 7 heteroatoms. The largest absolute Gasteiger partial charge is 0.493 e. The molecule has 1 heterocycles. The minimum atomic E-state index is -0.0270. The van der Waals surface area contributed by atoms with Gasteiger partial charge in [0, 0.05) is 25.2 Å². The quantitative estimate of drug-likeness (QED) is 0.616. The van der Waals surface area contributed by atoms with Crippen molar-refractivity contribution < 1.29 is 14.3 Å². The van der Waals surface area contributed by atoms with Gasteiger partial charge in [-0.3, -0.25) is 9.78 Å². The summed E-state index contributed by atoms with van der Waals surface area (Å²) >= 11 is 0. The highest BCUT2D eigenvalue weighted by molar-refractivity contribution is 5.93. The first-order valence-electron chi connectivity index (χ1n) is 9.53. The van der Waals surface area contributed by atoms with Gasteiger partial charge in [0.1, 0.15) is 0 Å². The van der Waals surface area contributed by atoms with Gasteiger partial charge >= 0.3 is 0 Å². The van der Waals surface area contributed by atoms with Crippen LogP contribution in [0.5, 0.6) is 11.5 Å². The Labute approximate surface area is 183 Å². The van der Waals surface area contributed by atoms with Crippen molar-refractivity contribution in [2.45, 2.75) is 25.9 Å². The van der Waals surface area contributed by atoms with Gasteiger partial charge in [0.15, 0.2) is 11.5 Å². The standard InChI is InChI=1S/C23H27N3O3.ClH/c1-15(16-8-6-5-7-9-16)26(2)23(27)10-17-14-25-20(13-24)19-12-22(29-4)21(28-3)11-18(17)19;/h5-9,11-12,14-15H,10,13,24H2,1-4H3;1H. The van der Waals surface area contributed by atoms with Crippen LogP contribution in [0.1, 0.15) is 29.8 Å². The van der Waals surface area contributed by atoms with Crippen LogP contribution in [0.3, 0.4) is 0 Å². The zero-order valence-electron chi connectivity index (χ0n) is 17.7. The van der Waals surface area contributed by atoms with Gasteiger partial charge in [-0.25, -0.2) is 0 Å². The predicted molar refractivity (Wildman–Crippen MR) is 121 cm³/mol. The number of hydrogen-bond acceptors (Lipinski definition) is 5. The average molecular weight is 430 g/mol. The zero-order valence-corrected chi connectivity index (χ0v) is 18.5. The molecule has 0 aliphatic carbocycles. The number of methoxy groups -OCH3 is 2. The third-order valence-electron chi connectivity index (χ3n) is 5.35. The number of halogens is 1. The van der Waals surface area contributed by atoms with Gasteiger partial charge in [-0.15, -0.1) is 12.4 Å². The molecule has 0 saturated carbocycles.